The van der Waals surface area contributed by atoms with Crippen LogP contribution in [0.25, 0.3) is 0 Å². The summed E-state index contributed by atoms with van der Waals surface area (Å²) in [5.74, 6) is -0.580. The second-order valence-electron chi connectivity index (χ2n) is 5.78. The number of rotatable bonds is 8. The Morgan fingerprint density at radius 2 is 1.64 bits per heavy atom. The van der Waals surface area contributed by atoms with Gasteiger partial charge in [0.15, 0.2) is 0 Å². The topological polar surface area (TPSA) is 84.2 Å². The van der Waals surface area contributed by atoms with Crippen molar-refractivity contribution in [3.8, 4) is 0 Å². The molecule has 132 valence electrons. The summed E-state index contributed by atoms with van der Waals surface area (Å²) in [7, 11) is 0. The lowest BCUT2D eigenvalue weighted by atomic mass is 10.1. The summed E-state index contributed by atoms with van der Waals surface area (Å²) in [6, 6.07) is 13.4. The van der Waals surface area contributed by atoms with Gasteiger partial charge in [0, 0.05) is 22.0 Å². The summed E-state index contributed by atoms with van der Waals surface area (Å²) in [5, 5.41) is 6.53. The number of unbranched alkanes of at least 4 members (excludes halogenated alkanes) is 1. The lowest BCUT2D eigenvalue weighted by Gasteiger charge is -2.16. The smallest absolute Gasteiger partial charge is 0.255 e. The number of nitrogens with two attached hydrogens (primary N) is 1. The van der Waals surface area contributed by atoms with Crippen molar-refractivity contribution in [3.05, 3.63) is 59.1 Å². The van der Waals surface area contributed by atoms with Crippen molar-refractivity contribution >= 4 is 34.8 Å². The Labute approximate surface area is 152 Å². The van der Waals surface area contributed by atoms with E-state index >= 15 is 0 Å². The highest BCUT2D eigenvalue weighted by molar-refractivity contribution is 6.30. The van der Waals surface area contributed by atoms with Crippen LogP contribution in [0.2, 0.25) is 5.02 Å². The molecule has 1 unspecified atom stereocenters. The monoisotopic (exact) mass is 359 g/mol. The fourth-order valence-electron chi connectivity index (χ4n) is 2.35. The van der Waals surface area contributed by atoms with Gasteiger partial charge in [0.25, 0.3) is 5.91 Å². The van der Waals surface area contributed by atoms with E-state index < -0.39 is 6.04 Å². The minimum absolute atomic E-state index is 0.213. The molecule has 0 saturated carbocycles. The molecular weight excluding hydrogens is 338 g/mol. The van der Waals surface area contributed by atoms with Gasteiger partial charge >= 0.3 is 0 Å². The van der Waals surface area contributed by atoms with E-state index in [9.17, 15) is 9.59 Å². The van der Waals surface area contributed by atoms with Crippen LogP contribution in [0, 0.1) is 0 Å². The van der Waals surface area contributed by atoms with Gasteiger partial charge in [-0.25, -0.2) is 0 Å². The fourth-order valence-corrected chi connectivity index (χ4v) is 2.48. The number of primary amides is 1. The summed E-state index contributed by atoms with van der Waals surface area (Å²) in [6.07, 6.45) is 2.62. The molecule has 0 aromatic heterocycles. The SMILES string of the molecule is CCCCC(Nc1ccc(NC(=O)c2ccc(Cl)cc2)cc1)C(N)=O. The third-order valence-electron chi connectivity index (χ3n) is 3.78. The summed E-state index contributed by atoms with van der Waals surface area (Å²) >= 11 is 5.82. The Morgan fingerprint density at radius 1 is 1.04 bits per heavy atom. The zero-order chi connectivity index (χ0) is 18.2. The molecule has 2 rings (SSSR count). The first-order chi connectivity index (χ1) is 12.0. The minimum atomic E-state index is -0.394. The summed E-state index contributed by atoms with van der Waals surface area (Å²) in [5.41, 5.74) is 7.40. The Balaban J connectivity index is 1.98. The number of carbonyl (C=O) groups is 2. The largest absolute Gasteiger partial charge is 0.374 e. The van der Waals surface area contributed by atoms with Crippen molar-refractivity contribution in [3.63, 3.8) is 0 Å². The third-order valence-corrected chi connectivity index (χ3v) is 4.03. The summed E-state index contributed by atoms with van der Waals surface area (Å²) in [4.78, 5) is 23.7. The maximum Gasteiger partial charge on any atom is 0.255 e. The van der Waals surface area contributed by atoms with Crippen LogP contribution in [0.3, 0.4) is 0 Å². The highest BCUT2D eigenvalue weighted by Crippen LogP contribution is 2.17. The number of nitrogens with one attached hydrogen (secondary N) is 2. The second kappa shape index (κ2) is 9.08. The van der Waals surface area contributed by atoms with Crippen molar-refractivity contribution < 1.29 is 9.59 Å². The molecule has 0 radical (unpaired) electrons. The molecule has 4 N–H and O–H groups in total. The van der Waals surface area contributed by atoms with Gasteiger partial charge in [-0.3, -0.25) is 9.59 Å². The van der Waals surface area contributed by atoms with Crippen molar-refractivity contribution in [2.24, 2.45) is 5.73 Å². The van der Waals surface area contributed by atoms with Crippen molar-refractivity contribution in [1.29, 1.82) is 0 Å². The molecule has 2 aromatic rings. The highest BCUT2D eigenvalue weighted by atomic mass is 35.5. The van der Waals surface area contributed by atoms with Crippen molar-refractivity contribution in [2.75, 3.05) is 10.6 Å². The summed E-state index contributed by atoms with van der Waals surface area (Å²) < 4.78 is 0. The normalized spacial score (nSPS) is 11.6. The number of carbonyl (C=O) groups excluding carboxylic acids is 2. The molecule has 5 nitrogen and oxygen atoms in total. The number of amides is 2. The number of hydrogen-bond acceptors (Lipinski definition) is 3. The molecule has 25 heavy (non-hydrogen) atoms. The van der Waals surface area contributed by atoms with Gasteiger partial charge in [-0.2, -0.15) is 0 Å². The molecule has 0 aliphatic rings. The highest BCUT2D eigenvalue weighted by Gasteiger charge is 2.14. The quantitative estimate of drug-likeness (QED) is 0.664. The van der Waals surface area contributed by atoms with Gasteiger partial charge in [0.1, 0.15) is 6.04 Å². The lowest BCUT2D eigenvalue weighted by molar-refractivity contribution is -0.118. The molecule has 6 heteroatoms. The first kappa shape index (κ1) is 18.8. The fraction of sp³-hybridized carbons (Fsp3) is 0.263. The van der Waals surface area contributed by atoms with Gasteiger partial charge in [0.2, 0.25) is 5.91 Å². The zero-order valence-electron chi connectivity index (χ0n) is 14.1. The van der Waals surface area contributed by atoms with E-state index in [2.05, 4.69) is 17.6 Å². The number of anilines is 2. The van der Waals surface area contributed by atoms with Gasteiger partial charge in [-0.05, 0) is 55.0 Å². The van der Waals surface area contributed by atoms with Gasteiger partial charge in [-0.15, -0.1) is 0 Å². The van der Waals surface area contributed by atoms with Crippen LogP contribution >= 0.6 is 11.6 Å². The predicted molar refractivity (Wildman–Crippen MR) is 102 cm³/mol. The van der Waals surface area contributed by atoms with Crippen LogP contribution < -0.4 is 16.4 Å². The van der Waals surface area contributed by atoms with Crippen molar-refractivity contribution in [2.45, 2.75) is 32.2 Å². The molecule has 1 atom stereocenters. The number of halogens is 1. The second-order valence-corrected chi connectivity index (χ2v) is 6.22. The van der Waals surface area contributed by atoms with E-state index in [1.54, 1.807) is 48.5 Å². The van der Waals surface area contributed by atoms with Gasteiger partial charge in [-0.1, -0.05) is 31.4 Å². The Hall–Kier alpha value is -2.53. The van der Waals surface area contributed by atoms with E-state index in [4.69, 9.17) is 17.3 Å². The Kier molecular flexibility index (Phi) is 6.83. The summed E-state index contributed by atoms with van der Waals surface area (Å²) in [6.45, 7) is 2.07. The first-order valence-corrected chi connectivity index (χ1v) is 8.60. The van der Waals surface area contributed by atoms with Crippen LogP contribution in [-0.2, 0) is 4.79 Å². The number of benzene rings is 2. The van der Waals surface area contributed by atoms with Crippen LogP contribution in [0.5, 0.6) is 0 Å². The minimum Gasteiger partial charge on any atom is -0.374 e. The zero-order valence-corrected chi connectivity index (χ0v) is 14.8. The van der Waals surface area contributed by atoms with E-state index in [1.165, 1.54) is 0 Å². The van der Waals surface area contributed by atoms with E-state index in [0.717, 1.165) is 18.5 Å². The maximum atomic E-state index is 12.2. The molecule has 2 amide bonds. The van der Waals surface area contributed by atoms with E-state index in [-0.39, 0.29) is 11.8 Å². The predicted octanol–water partition coefficient (Wildman–Crippen LogP) is 4.05. The standard InChI is InChI=1S/C19H22ClN3O2/c1-2-3-4-17(18(21)24)22-15-9-11-16(12-10-15)23-19(25)13-5-7-14(20)8-6-13/h5-12,17,22H,2-4H2,1H3,(H2,21,24)(H,23,25). The molecule has 0 fully saturated rings. The average molecular weight is 360 g/mol. The molecule has 2 aromatic carbocycles. The molecule has 0 aliphatic heterocycles. The van der Waals surface area contributed by atoms with Crippen LogP contribution in [0.15, 0.2) is 48.5 Å². The molecule has 0 saturated heterocycles. The van der Waals surface area contributed by atoms with E-state index in [1.807, 2.05) is 0 Å². The van der Waals surface area contributed by atoms with Gasteiger partial charge in [0.05, 0.1) is 0 Å². The first-order valence-electron chi connectivity index (χ1n) is 8.22. The van der Waals surface area contributed by atoms with Gasteiger partial charge < -0.3 is 16.4 Å². The lowest BCUT2D eigenvalue weighted by Crippen LogP contribution is -2.35. The Bertz CT molecular complexity index is 714. The Morgan fingerprint density at radius 3 is 2.20 bits per heavy atom. The van der Waals surface area contributed by atoms with Crippen molar-refractivity contribution in [1.82, 2.24) is 0 Å². The molecule has 0 aliphatic carbocycles. The van der Waals surface area contributed by atoms with Crippen LogP contribution in [0.1, 0.15) is 36.5 Å². The van der Waals surface area contributed by atoms with Crippen LogP contribution in [-0.4, -0.2) is 17.9 Å². The molecule has 0 heterocycles. The maximum absolute atomic E-state index is 12.2. The van der Waals surface area contributed by atoms with E-state index in [0.29, 0.717) is 22.7 Å². The molecule has 0 bridgehead atoms. The third kappa shape index (κ3) is 5.80. The molecule has 0 spiro atoms. The average Bonchev–Trinajstić information content (AvgIpc) is 2.60. The van der Waals surface area contributed by atoms with Crippen LogP contribution in [0.4, 0.5) is 11.4 Å². The molecular formula is C19H22ClN3O2. The number of hydrogen-bond donors (Lipinski definition) is 3.